The van der Waals surface area contributed by atoms with Crippen molar-refractivity contribution >= 4 is 11.6 Å². The normalized spacial score (nSPS) is 17.4. The first-order chi connectivity index (χ1) is 8.20. The highest BCUT2D eigenvalue weighted by molar-refractivity contribution is 6.30. The summed E-state index contributed by atoms with van der Waals surface area (Å²) in [6, 6.07) is 3.71. The van der Waals surface area contributed by atoms with Gasteiger partial charge in [-0.05, 0) is 61.9 Å². The maximum Gasteiger partial charge on any atom is 0.144 e. The van der Waals surface area contributed by atoms with Crippen LogP contribution in [0.15, 0.2) is 12.1 Å². The van der Waals surface area contributed by atoms with Crippen molar-refractivity contribution in [3.8, 4) is 0 Å². The van der Waals surface area contributed by atoms with E-state index < -0.39 is 0 Å². The van der Waals surface area contributed by atoms with E-state index >= 15 is 0 Å². The van der Waals surface area contributed by atoms with Crippen LogP contribution in [0.3, 0.4) is 0 Å². The molecule has 0 aromatic heterocycles. The topological polar surface area (TPSA) is 12.0 Å². The highest BCUT2D eigenvalue weighted by atomic mass is 35.5. The molecule has 1 aliphatic heterocycles. The van der Waals surface area contributed by atoms with Gasteiger partial charge in [-0.3, -0.25) is 0 Å². The Labute approximate surface area is 107 Å². The summed E-state index contributed by atoms with van der Waals surface area (Å²) in [5, 5.41) is 3.60. The van der Waals surface area contributed by atoms with Crippen LogP contribution < -0.4 is 5.32 Å². The average Bonchev–Trinajstić information content (AvgIpc) is 2.36. The quantitative estimate of drug-likeness (QED) is 0.871. The number of aryl methyl sites for hydroxylation is 1. The monoisotopic (exact) mass is 255 g/mol. The number of hydrogen-bond donors (Lipinski definition) is 1. The molecule has 0 bridgehead atoms. The predicted molar refractivity (Wildman–Crippen MR) is 70.1 cm³/mol. The largest absolute Gasteiger partial charge is 0.317 e. The minimum Gasteiger partial charge on any atom is -0.317 e. The molecule has 17 heavy (non-hydrogen) atoms. The summed E-state index contributed by atoms with van der Waals surface area (Å²) in [7, 11) is 0. The highest BCUT2D eigenvalue weighted by Gasteiger charge is 2.17. The highest BCUT2D eigenvalue weighted by Crippen LogP contribution is 2.26. The van der Waals surface area contributed by atoms with Gasteiger partial charge in [0.25, 0.3) is 0 Å². The molecule has 3 heteroatoms. The molecule has 1 aromatic carbocycles. The van der Waals surface area contributed by atoms with E-state index in [1.54, 1.807) is 6.07 Å². The van der Waals surface area contributed by atoms with Crippen molar-refractivity contribution in [1.82, 2.24) is 5.32 Å². The maximum absolute atomic E-state index is 13.9. The Morgan fingerprint density at radius 2 is 2.06 bits per heavy atom. The third-order valence-electron chi connectivity index (χ3n) is 3.54. The van der Waals surface area contributed by atoms with Crippen molar-refractivity contribution in [2.45, 2.75) is 32.6 Å². The van der Waals surface area contributed by atoms with Crippen molar-refractivity contribution < 1.29 is 4.39 Å². The summed E-state index contributed by atoms with van der Waals surface area (Å²) in [5.41, 5.74) is 1.92. The third kappa shape index (κ3) is 3.20. The van der Waals surface area contributed by atoms with E-state index in [1.807, 2.05) is 6.07 Å². The van der Waals surface area contributed by atoms with Gasteiger partial charge in [-0.1, -0.05) is 24.6 Å². The Kier molecular flexibility index (Phi) is 4.41. The minimum absolute atomic E-state index is 0.220. The lowest BCUT2D eigenvalue weighted by Crippen LogP contribution is -2.28. The molecule has 1 N–H and O–H groups in total. The molecule has 1 fully saturated rings. The van der Waals surface area contributed by atoms with Crippen LogP contribution in [-0.2, 0) is 12.8 Å². The molecular formula is C14H19ClFN. The molecule has 2 rings (SSSR count). The fourth-order valence-electron chi connectivity index (χ4n) is 2.46. The molecule has 1 aliphatic rings. The first-order valence-electron chi connectivity index (χ1n) is 6.38. The van der Waals surface area contributed by atoms with Crippen molar-refractivity contribution in [3.05, 3.63) is 34.1 Å². The summed E-state index contributed by atoms with van der Waals surface area (Å²) in [4.78, 5) is 0. The zero-order valence-corrected chi connectivity index (χ0v) is 11.0. The zero-order valence-electron chi connectivity index (χ0n) is 10.2. The van der Waals surface area contributed by atoms with Gasteiger partial charge in [0, 0.05) is 0 Å². The van der Waals surface area contributed by atoms with Crippen LogP contribution in [0.5, 0.6) is 0 Å². The van der Waals surface area contributed by atoms with Crippen LogP contribution in [0.25, 0.3) is 0 Å². The Morgan fingerprint density at radius 3 is 2.71 bits per heavy atom. The molecule has 0 aliphatic carbocycles. The molecule has 0 unspecified atom stereocenters. The lowest BCUT2D eigenvalue weighted by Gasteiger charge is -2.23. The van der Waals surface area contributed by atoms with Crippen LogP contribution in [0, 0.1) is 11.7 Å². The van der Waals surface area contributed by atoms with Crippen molar-refractivity contribution in [3.63, 3.8) is 0 Å². The summed E-state index contributed by atoms with van der Waals surface area (Å²) in [6.07, 6.45) is 3.99. The van der Waals surface area contributed by atoms with Gasteiger partial charge < -0.3 is 5.32 Å². The first kappa shape index (κ1) is 12.8. The summed E-state index contributed by atoms with van der Waals surface area (Å²) in [5.74, 6) is 0.372. The van der Waals surface area contributed by atoms with Gasteiger partial charge in [0.15, 0.2) is 0 Å². The number of halogens is 2. The molecule has 1 aromatic rings. The molecule has 0 atom stereocenters. The van der Waals surface area contributed by atoms with E-state index in [9.17, 15) is 4.39 Å². The SMILES string of the molecule is CCc1cc(Cl)c(F)c(CC2CCNCC2)c1. The standard InChI is InChI=1S/C14H19ClFN/c1-2-10-7-12(14(16)13(15)9-10)8-11-3-5-17-6-4-11/h7,9,11,17H,2-6,8H2,1H3. The summed E-state index contributed by atoms with van der Waals surface area (Å²) in [6.45, 7) is 4.17. The average molecular weight is 256 g/mol. The molecule has 0 spiro atoms. The number of rotatable bonds is 3. The molecular weight excluding hydrogens is 237 g/mol. The second-order valence-electron chi connectivity index (χ2n) is 4.80. The van der Waals surface area contributed by atoms with Crippen LogP contribution in [0.2, 0.25) is 5.02 Å². The van der Waals surface area contributed by atoms with Crippen LogP contribution in [-0.4, -0.2) is 13.1 Å². The van der Waals surface area contributed by atoms with Crippen molar-refractivity contribution in [2.75, 3.05) is 13.1 Å². The van der Waals surface area contributed by atoms with E-state index in [2.05, 4.69) is 12.2 Å². The van der Waals surface area contributed by atoms with Gasteiger partial charge in [-0.2, -0.15) is 0 Å². The fourth-order valence-corrected chi connectivity index (χ4v) is 2.72. The summed E-state index contributed by atoms with van der Waals surface area (Å²) < 4.78 is 13.9. The smallest absolute Gasteiger partial charge is 0.144 e. The predicted octanol–water partition coefficient (Wildman–Crippen LogP) is 3.58. The van der Waals surface area contributed by atoms with E-state index in [0.717, 1.165) is 49.9 Å². The van der Waals surface area contributed by atoms with Crippen LogP contribution in [0.1, 0.15) is 30.9 Å². The van der Waals surface area contributed by atoms with E-state index in [0.29, 0.717) is 5.92 Å². The zero-order chi connectivity index (χ0) is 12.3. The van der Waals surface area contributed by atoms with Gasteiger partial charge >= 0.3 is 0 Å². The van der Waals surface area contributed by atoms with Crippen molar-refractivity contribution in [2.24, 2.45) is 5.92 Å². The molecule has 94 valence electrons. The molecule has 1 saturated heterocycles. The molecule has 0 saturated carbocycles. The lowest BCUT2D eigenvalue weighted by molar-refractivity contribution is 0.368. The number of nitrogens with one attached hydrogen (secondary N) is 1. The van der Waals surface area contributed by atoms with Gasteiger partial charge in [0.1, 0.15) is 5.82 Å². The Hall–Kier alpha value is -0.600. The first-order valence-corrected chi connectivity index (χ1v) is 6.76. The number of benzene rings is 1. The second-order valence-corrected chi connectivity index (χ2v) is 5.21. The van der Waals surface area contributed by atoms with Gasteiger partial charge in [0.05, 0.1) is 5.02 Å². The molecule has 0 amide bonds. The Bertz CT molecular complexity index is 386. The summed E-state index contributed by atoms with van der Waals surface area (Å²) >= 11 is 5.93. The number of piperidine rings is 1. The molecule has 1 heterocycles. The second kappa shape index (κ2) is 5.83. The Balaban J connectivity index is 2.15. The lowest BCUT2D eigenvalue weighted by atomic mass is 9.90. The minimum atomic E-state index is -0.220. The Morgan fingerprint density at radius 1 is 1.35 bits per heavy atom. The molecule has 0 radical (unpaired) electrons. The molecule has 1 nitrogen and oxygen atoms in total. The number of hydrogen-bond acceptors (Lipinski definition) is 1. The van der Waals surface area contributed by atoms with Gasteiger partial charge in [-0.25, -0.2) is 4.39 Å². The third-order valence-corrected chi connectivity index (χ3v) is 3.81. The maximum atomic E-state index is 13.9. The van der Waals surface area contributed by atoms with E-state index in [1.165, 1.54) is 0 Å². The van der Waals surface area contributed by atoms with Crippen LogP contribution >= 0.6 is 11.6 Å². The van der Waals surface area contributed by atoms with E-state index in [4.69, 9.17) is 11.6 Å². The fraction of sp³-hybridized carbons (Fsp3) is 0.571. The van der Waals surface area contributed by atoms with Gasteiger partial charge in [0.2, 0.25) is 0 Å². The van der Waals surface area contributed by atoms with E-state index in [-0.39, 0.29) is 10.8 Å². The van der Waals surface area contributed by atoms with Gasteiger partial charge in [-0.15, -0.1) is 0 Å². The van der Waals surface area contributed by atoms with Crippen LogP contribution in [0.4, 0.5) is 4.39 Å². The van der Waals surface area contributed by atoms with Crippen molar-refractivity contribution in [1.29, 1.82) is 0 Å².